The Morgan fingerprint density at radius 3 is 2.24 bits per heavy atom. The van der Waals surface area contributed by atoms with E-state index in [2.05, 4.69) is 10.3 Å². The number of carboxylic acid groups (broad SMARTS) is 1. The summed E-state index contributed by atoms with van der Waals surface area (Å²) < 4.78 is 24.3. The van der Waals surface area contributed by atoms with Crippen LogP contribution in [0, 0.1) is 0 Å². The van der Waals surface area contributed by atoms with E-state index in [1.165, 1.54) is 16.8 Å². The van der Waals surface area contributed by atoms with E-state index in [0.717, 1.165) is 6.26 Å². The molecule has 21 heavy (non-hydrogen) atoms. The van der Waals surface area contributed by atoms with E-state index in [9.17, 15) is 13.2 Å². The quantitative estimate of drug-likeness (QED) is 0.918. The van der Waals surface area contributed by atoms with E-state index in [0.29, 0.717) is 11.4 Å². The lowest BCUT2D eigenvalue weighted by atomic mass is 10.1. The van der Waals surface area contributed by atoms with Gasteiger partial charge in [-0.3, -0.25) is 0 Å². The Kier molecular flexibility index (Phi) is 3.82. The highest BCUT2D eigenvalue weighted by Crippen LogP contribution is 2.22. The molecule has 0 saturated carbocycles. The molecule has 2 rings (SSSR count). The van der Waals surface area contributed by atoms with E-state index in [4.69, 9.17) is 5.11 Å². The topological polar surface area (TPSA) is 102 Å². The highest BCUT2D eigenvalue weighted by Gasteiger charge is 2.22. The molecule has 1 aromatic heterocycles. The average Bonchev–Trinajstić information content (AvgIpc) is 2.82. The third-order valence-electron chi connectivity index (χ3n) is 2.96. The van der Waals surface area contributed by atoms with Gasteiger partial charge in [0, 0.05) is 6.26 Å². The van der Waals surface area contributed by atoms with Crippen LogP contribution in [-0.4, -0.2) is 40.7 Å². The number of nitrogens with zero attached hydrogens (tertiary/aromatic N) is 3. The van der Waals surface area contributed by atoms with Gasteiger partial charge in [0.25, 0.3) is 0 Å². The number of rotatable bonds is 4. The van der Waals surface area contributed by atoms with Crippen LogP contribution in [0.15, 0.2) is 29.2 Å². The molecule has 8 heteroatoms. The molecule has 7 nitrogen and oxygen atoms in total. The van der Waals surface area contributed by atoms with Crippen molar-refractivity contribution < 1.29 is 18.3 Å². The van der Waals surface area contributed by atoms with Crippen molar-refractivity contribution in [2.45, 2.75) is 24.7 Å². The molecule has 0 aliphatic heterocycles. The van der Waals surface area contributed by atoms with Crippen molar-refractivity contribution in [3.63, 3.8) is 0 Å². The molecule has 0 spiro atoms. The molecule has 1 heterocycles. The Hall–Kier alpha value is -2.22. The maximum absolute atomic E-state index is 11.4. The number of aromatic carboxylic acids is 1. The first-order valence-electron chi connectivity index (χ1n) is 6.21. The van der Waals surface area contributed by atoms with Crippen LogP contribution in [0.25, 0.3) is 5.69 Å². The van der Waals surface area contributed by atoms with Gasteiger partial charge < -0.3 is 5.11 Å². The number of sulfone groups is 1. The summed E-state index contributed by atoms with van der Waals surface area (Å²) in [5.74, 6) is -1.24. The fourth-order valence-corrected chi connectivity index (χ4v) is 2.62. The van der Waals surface area contributed by atoms with Crippen LogP contribution < -0.4 is 0 Å². The summed E-state index contributed by atoms with van der Waals surface area (Å²) >= 11 is 0. The van der Waals surface area contributed by atoms with Crippen molar-refractivity contribution in [1.29, 1.82) is 0 Å². The smallest absolute Gasteiger partial charge is 0.358 e. The van der Waals surface area contributed by atoms with Crippen molar-refractivity contribution in [2.75, 3.05) is 6.26 Å². The van der Waals surface area contributed by atoms with Gasteiger partial charge in [-0.25, -0.2) is 17.9 Å². The molecule has 0 aliphatic rings. The van der Waals surface area contributed by atoms with E-state index >= 15 is 0 Å². The van der Waals surface area contributed by atoms with E-state index in [-0.39, 0.29) is 16.5 Å². The molecular formula is C13H15N3O4S. The maximum Gasteiger partial charge on any atom is 0.358 e. The third kappa shape index (κ3) is 2.94. The number of hydrogen-bond acceptors (Lipinski definition) is 5. The fraction of sp³-hybridized carbons (Fsp3) is 0.308. The van der Waals surface area contributed by atoms with Gasteiger partial charge >= 0.3 is 5.97 Å². The first-order chi connectivity index (χ1) is 9.71. The molecule has 0 fully saturated rings. The standard InChI is InChI=1S/C13H15N3O4S/c1-8(2)12-11(13(17)18)14-15-16(12)9-4-6-10(7-5-9)21(3,19)20/h4-8H,1-3H3,(H,17,18). The van der Waals surface area contributed by atoms with Crippen molar-refractivity contribution in [1.82, 2.24) is 15.0 Å². The maximum atomic E-state index is 11.4. The largest absolute Gasteiger partial charge is 0.476 e. The normalized spacial score (nSPS) is 11.8. The van der Waals surface area contributed by atoms with Gasteiger partial charge in [0.1, 0.15) is 0 Å². The van der Waals surface area contributed by atoms with Gasteiger partial charge in [-0.05, 0) is 30.2 Å². The zero-order valence-corrected chi connectivity index (χ0v) is 12.6. The Bertz CT molecular complexity index is 776. The van der Waals surface area contributed by atoms with Gasteiger partial charge in [-0.1, -0.05) is 19.1 Å². The summed E-state index contributed by atoms with van der Waals surface area (Å²) in [5, 5.41) is 16.7. The van der Waals surface area contributed by atoms with Crippen molar-refractivity contribution >= 4 is 15.8 Å². The first-order valence-corrected chi connectivity index (χ1v) is 8.10. The first kappa shape index (κ1) is 15.2. The number of aromatic nitrogens is 3. The second kappa shape index (κ2) is 5.28. The van der Waals surface area contributed by atoms with Crippen LogP contribution in [0.4, 0.5) is 0 Å². The predicted octanol–water partition coefficient (Wildman–Crippen LogP) is 1.49. The van der Waals surface area contributed by atoms with Crippen LogP contribution in [0.3, 0.4) is 0 Å². The third-order valence-corrected chi connectivity index (χ3v) is 4.09. The summed E-state index contributed by atoms with van der Waals surface area (Å²) in [6, 6.07) is 6.05. The molecule has 0 atom stereocenters. The molecule has 112 valence electrons. The van der Waals surface area contributed by atoms with Crippen molar-refractivity contribution in [2.24, 2.45) is 0 Å². The van der Waals surface area contributed by atoms with Gasteiger partial charge in [0.05, 0.1) is 16.3 Å². The minimum absolute atomic E-state index is 0.0966. The molecule has 2 aromatic rings. The van der Waals surface area contributed by atoms with Crippen LogP contribution in [-0.2, 0) is 9.84 Å². The lowest BCUT2D eigenvalue weighted by Crippen LogP contribution is -2.08. The van der Waals surface area contributed by atoms with Crippen LogP contribution in [0.1, 0.15) is 35.9 Å². The van der Waals surface area contributed by atoms with E-state index in [1.807, 2.05) is 13.8 Å². The zero-order chi connectivity index (χ0) is 15.8. The van der Waals surface area contributed by atoms with Crippen LogP contribution in [0.2, 0.25) is 0 Å². The SMILES string of the molecule is CC(C)c1c(C(=O)O)nnn1-c1ccc(S(C)(=O)=O)cc1. The van der Waals surface area contributed by atoms with E-state index in [1.54, 1.807) is 12.1 Å². The molecule has 1 N–H and O–H groups in total. The Labute approximate surface area is 122 Å². The lowest BCUT2D eigenvalue weighted by Gasteiger charge is -2.10. The second-order valence-corrected chi connectivity index (χ2v) is 6.98. The van der Waals surface area contributed by atoms with E-state index < -0.39 is 15.8 Å². The Balaban J connectivity index is 2.55. The highest BCUT2D eigenvalue weighted by molar-refractivity contribution is 7.90. The van der Waals surface area contributed by atoms with Crippen LogP contribution >= 0.6 is 0 Å². The molecule has 0 saturated heterocycles. The minimum atomic E-state index is -3.28. The monoisotopic (exact) mass is 309 g/mol. The van der Waals surface area contributed by atoms with Gasteiger partial charge in [-0.15, -0.1) is 5.10 Å². The lowest BCUT2D eigenvalue weighted by molar-refractivity contribution is 0.0688. The molecule has 0 amide bonds. The number of benzene rings is 1. The Morgan fingerprint density at radius 2 is 1.81 bits per heavy atom. The summed E-state index contributed by atoms with van der Waals surface area (Å²) in [6.45, 7) is 3.68. The van der Waals surface area contributed by atoms with Crippen molar-refractivity contribution in [3.05, 3.63) is 35.7 Å². The summed E-state index contributed by atoms with van der Waals surface area (Å²) in [7, 11) is -3.28. The molecule has 0 unspecified atom stereocenters. The zero-order valence-electron chi connectivity index (χ0n) is 11.8. The molecule has 0 aliphatic carbocycles. The van der Waals surface area contributed by atoms with Crippen LogP contribution in [0.5, 0.6) is 0 Å². The second-order valence-electron chi connectivity index (χ2n) is 4.96. The molecule has 0 bridgehead atoms. The Morgan fingerprint density at radius 1 is 1.24 bits per heavy atom. The minimum Gasteiger partial charge on any atom is -0.476 e. The predicted molar refractivity (Wildman–Crippen MR) is 75.5 cm³/mol. The van der Waals surface area contributed by atoms with Crippen molar-refractivity contribution in [3.8, 4) is 5.69 Å². The molecular weight excluding hydrogens is 294 g/mol. The summed E-state index contributed by atoms with van der Waals surface area (Å²) in [4.78, 5) is 11.4. The van der Waals surface area contributed by atoms with Gasteiger partial charge in [0.15, 0.2) is 15.5 Å². The fourth-order valence-electron chi connectivity index (χ4n) is 1.98. The average molecular weight is 309 g/mol. The summed E-state index contributed by atoms with van der Waals surface area (Å²) in [6.07, 6.45) is 1.12. The number of carbonyl (C=O) groups is 1. The summed E-state index contributed by atoms with van der Waals surface area (Å²) in [5.41, 5.74) is 0.929. The number of carboxylic acids is 1. The van der Waals surface area contributed by atoms with Gasteiger partial charge in [0.2, 0.25) is 0 Å². The van der Waals surface area contributed by atoms with Gasteiger partial charge in [-0.2, -0.15) is 0 Å². The highest BCUT2D eigenvalue weighted by atomic mass is 32.2. The molecule has 1 aromatic carbocycles. The molecule has 0 radical (unpaired) electrons. The number of hydrogen-bond donors (Lipinski definition) is 1.